The number of hydrogen-bond acceptors (Lipinski definition) is 4. The first-order valence-corrected chi connectivity index (χ1v) is 6.94. The molecule has 0 amide bonds. The molecule has 0 aromatic rings. The third kappa shape index (κ3) is 17.7. The van der Waals surface area contributed by atoms with E-state index in [2.05, 4.69) is 6.58 Å². The van der Waals surface area contributed by atoms with Gasteiger partial charge in [0.25, 0.3) is 0 Å². The van der Waals surface area contributed by atoms with Gasteiger partial charge in [-0.25, -0.2) is 9.36 Å². The molecule has 0 saturated carbocycles. The fourth-order valence-electron chi connectivity index (χ4n) is 0.980. The van der Waals surface area contributed by atoms with Crippen molar-refractivity contribution in [2.45, 2.75) is 39.2 Å². The molecular weight excluding hydrogens is 263 g/mol. The molecule has 7 nitrogen and oxygen atoms in total. The van der Waals surface area contributed by atoms with Gasteiger partial charge in [-0.15, -0.1) is 0 Å². The molecule has 0 aliphatic carbocycles. The number of hydrogen-bond donors (Lipinski definition) is 4. The lowest BCUT2D eigenvalue weighted by molar-refractivity contribution is -0.145. The summed E-state index contributed by atoms with van der Waals surface area (Å²) in [5.74, 6) is -0.369. The Balaban J connectivity index is 0. The first-order chi connectivity index (χ1) is 8.11. The maximum absolute atomic E-state index is 11.1. The molecule has 0 radical (unpaired) electrons. The molecule has 8 heteroatoms. The van der Waals surface area contributed by atoms with Crippen LogP contribution in [-0.4, -0.2) is 38.5 Å². The molecule has 0 aliphatic heterocycles. The van der Waals surface area contributed by atoms with Crippen molar-refractivity contribution in [1.29, 1.82) is 0 Å². The molecule has 1 atom stereocenters. The summed E-state index contributed by atoms with van der Waals surface area (Å²) >= 11 is 0. The Hall–Kier alpha value is -0.720. The van der Waals surface area contributed by atoms with Crippen LogP contribution in [0.25, 0.3) is 0 Å². The van der Waals surface area contributed by atoms with Gasteiger partial charge in [-0.2, -0.15) is 0 Å². The lowest BCUT2D eigenvalue weighted by atomic mass is 10.1. The Morgan fingerprint density at radius 3 is 2.06 bits per heavy atom. The SMILES string of the molecule is C=C(C)C(=O)OC(CCC)CCO.O=P(O)(O)O. The van der Waals surface area contributed by atoms with Crippen LogP contribution >= 0.6 is 7.82 Å². The molecule has 1 unspecified atom stereocenters. The van der Waals surface area contributed by atoms with E-state index in [1.807, 2.05) is 6.92 Å². The van der Waals surface area contributed by atoms with Gasteiger partial charge in [0, 0.05) is 18.6 Å². The van der Waals surface area contributed by atoms with E-state index in [0.717, 1.165) is 12.8 Å². The van der Waals surface area contributed by atoms with Gasteiger partial charge >= 0.3 is 13.8 Å². The number of rotatable bonds is 6. The number of aliphatic hydroxyl groups excluding tert-OH is 1. The Kier molecular flexibility index (Phi) is 11.1. The van der Waals surface area contributed by atoms with Gasteiger partial charge in [0.1, 0.15) is 6.10 Å². The Labute approximate surface area is 106 Å². The standard InChI is InChI=1S/C10H18O3.H3O4P/c1-4-5-9(6-7-11)13-10(12)8(2)3;1-5(2,3)4/h9,11H,2,4-7H2,1,3H3;(H3,1,2,3,4). The van der Waals surface area contributed by atoms with E-state index in [1.54, 1.807) is 6.92 Å². The van der Waals surface area contributed by atoms with E-state index in [-0.39, 0.29) is 18.7 Å². The summed E-state index contributed by atoms with van der Waals surface area (Å²) in [7, 11) is -4.64. The van der Waals surface area contributed by atoms with Crippen LogP contribution in [0.3, 0.4) is 0 Å². The van der Waals surface area contributed by atoms with E-state index in [9.17, 15) is 4.79 Å². The van der Waals surface area contributed by atoms with Crippen LogP contribution in [0.2, 0.25) is 0 Å². The number of esters is 1. The molecule has 0 fully saturated rings. The fourth-order valence-corrected chi connectivity index (χ4v) is 0.980. The third-order valence-corrected chi connectivity index (χ3v) is 1.68. The Bertz CT molecular complexity index is 282. The largest absolute Gasteiger partial charge is 0.466 e. The average Bonchev–Trinajstić information content (AvgIpc) is 2.15. The van der Waals surface area contributed by atoms with Crippen LogP contribution in [0, 0.1) is 0 Å². The van der Waals surface area contributed by atoms with Crippen LogP contribution < -0.4 is 0 Å². The zero-order chi connectivity index (χ0) is 14.8. The quantitative estimate of drug-likeness (QED) is 0.322. The molecule has 0 spiro atoms. The van der Waals surface area contributed by atoms with Gasteiger partial charge < -0.3 is 24.5 Å². The summed E-state index contributed by atoms with van der Waals surface area (Å²) in [6.07, 6.45) is 2.07. The lowest BCUT2D eigenvalue weighted by Crippen LogP contribution is -2.19. The second kappa shape index (κ2) is 10.2. The zero-order valence-electron chi connectivity index (χ0n) is 10.6. The van der Waals surface area contributed by atoms with Crippen LogP contribution in [0.4, 0.5) is 0 Å². The van der Waals surface area contributed by atoms with Gasteiger partial charge in [0.2, 0.25) is 0 Å². The van der Waals surface area contributed by atoms with Gasteiger partial charge in [-0.1, -0.05) is 19.9 Å². The van der Waals surface area contributed by atoms with E-state index < -0.39 is 7.82 Å². The first-order valence-electron chi connectivity index (χ1n) is 5.37. The van der Waals surface area contributed by atoms with Crippen molar-refractivity contribution in [3.63, 3.8) is 0 Å². The van der Waals surface area contributed by atoms with Crippen LogP contribution in [0.1, 0.15) is 33.1 Å². The summed E-state index contributed by atoms with van der Waals surface area (Å²) < 4.78 is 14.0. The number of ether oxygens (including phenoxy) is 1. The normalized spacial score (nSPS) is 12.1. The molecule has 18 heavy (non-hydrogen) atoms. The lowest BCUT2D eigenvalue weighted by Gasteiger charge is -2.15. The molecule has 108 valence electrons. The molecule has 0 aliphatic rings. The van der Waals surface area contributed by atoms with Crippen LogP contribution in [0.5, 0.6) is 0 Å². The highest BCUT2D eigenvalue weighted by Crippen LogP contribution is 2.25. The number of aliphatic hydroxyl groups is 1. The van der Waals surface area contributed by atoms with Crippen LogP contribution in [0.15, 0.2) is 12.2 Å². The van der Waals surface area contributed by atoms with Crippen molar-refractivity contribution in [3.8, 4) is 0 Å². The molecule has 0 rings (SSSR count). The minimum absolute atomic E-state index is 0.0497. The molecule has 0 aromatic carbocycles. The van der Waals surface area contributed by atoms with Gasteiger partial charge in [0.05, 0.1) is 0 Å². The molecule has 0 aromatic heterocycles. The zero-order valence-corrected chi connectivity index (χ0v) is 11.5. The van der Waals surface area contributed by atoms with Crippen molar-refractivity contribution >= 4 is 13.8 Å². The van der Waals surface area contributed by atoms with E-state index >= 15 is 0 Å². The summed E-state index contributed by atoms with van der Waals surface area (Å²) in [6, 6.07) is 0. The number of phosphoric acid groups is 1. The van der Waals surface area contributed by atoms with Crippen molar-refractivity contribution in [2.75, 3.05) is 6.61 Å². The fraction of sp³-hybridized carbons (Fsp3) is 0.700. The van der Waals surface area contributed by atoms with Crippen molar-refractivity contribution in [1.82, 2.24) is 0 Å². The predicted octanol–water partition coefficient (Wildman–Crippen LogP) is 0.728. The van der Waals surface area contributed by atoms with Crippen molar-refractivity contribution in [2.24, 2.45) is 0 Å². The topological polar surface area (TPSA) is 124 Å². The smallest absolute Gasteiger partial charge is 0.459 e. The number of carbonyl (C=O) groups is 1. The summed E-state index contributed by atoms with van der Waals surface area (Å²) in [5.41, 5.74) is 0.402. The summed E-state index contributed by atoms with van der Waals surface area (Å²) in [5, 5.41) is 8.70. The van der Waals surface area contributed by atoms with Gasteiger partial charge in [-0.05, 0) is 13.3 Å². The highest BCUT2D eigenvalue weighted by molar-refractivity contribution is 7.45. The molecular formula is C10H21O7P. The average molecular weight is 284 g/mol. The molecule has 0 heterocycles. The van der Waals surface area contributed by atoms with Crippen LogP contribution in [-0.2, 0) is 14.1 Å². The van der Waals surface area contributed by atoms with Gasteiger partial charge in [-0.3, -0.25) is 0 Å². The predicted molar refractivity (Wildman–Crippen MR) is 65.6 cm³/mol. The monoisotopic (exact) mass is 284 g/mol. The van der Waals surface area contributed by atoms with Gasteiger partial charge in [0.15, 0.2) is 0 Å². The van der Waals surface area contributed by atoms with E-state index in [1.165, 1.54) is 0 Å². The third-order valence-electron chi connectivity index (χ3n) is 1.68. The summed E-state index contributed by atoms with van der Waals surface area (Å²) in [6.45, 7) is 7.17. The maximum Gasteiger partial charge on any atom is 0.466 e. The highest BCUT2D eigenvalue weighted by atomic mass is 31.2. The van der Waals surface area contributed by atoms with E-state index in [4.69, 9.17) is 29.1 Å². The highest BCUT2D eigenvalue weighted by Gasteiger charge is 2.13. The first kappa shape index (κ1) is 19.6. The molecule has 4 N–H and O–H groups in total. The Morgan fingerprint density at radius 2 is 1.78 bits per heavy atom. The molecule has 0 bridgehead atoms. The molecule has 0 saturated heterocycles. The minimum atomic E-state index is -4.64. The second-order valence-electron chi connectivity index (χ2n) is 3.62. The van der Waals surface area contributed by atoms with Crippen molar-refractivity contribution in [3.05, 3.63) is 12.2 Å². The Morgan fingerprint density at radius 1 is 1.33 bits per heavy atom. The van der Waals surface area contributed by atoms with Crippen molar-refractivity contribution < 1.29 is 33.9 Å². The van der Waals surface area contributed by atoms with E-state index in [0.29, 0.717) is 12.0 Å². The number of carbonyl (C=O) groups excluding carboxylic acids is 1. The minimum Gasteiger partial charge on any atom is -0.459 e. The summed E-state index contributed by atoms with van der Waals surface area (Å²) in [4.78, 5) is 32.7. The maximum atomic E-state index is 11.1. The second-order valence-corrected chi connectivity index (χ2v) is 4.65.